The molecule has 2 rings (SSSR count). The van der Waals surface area contributed by atoms with E-state index in [-0.39, 0.29) is 17.7 Å². The van der Waals surface area contributed by atoms with Crippen molar-refractivity contribution in [1.82, 2.24) is 5.32 Å². The number of rotatable bonds is 4. The van der Waals surface area contributed by atoms with Gasteiger partial charge in [0.05, 0.1) is 11.3 Å². The van der Waals surface area contributed by atoms with Crippen LogP contribution >= 0.6 is 0 Å². The summed E-state index contributed by atoms with van der Waals surface area (Å²) in [4.78, 5) is 24.2. The van der Waals surface area contributed by atoms with Crippen LogP contribution in [0.4, 0.5) is 5.69 Å². The standard InChI is InChI=1S/C16H20N2O2/c1-2-17-16(20)13-10-6-7-11-14(13)18-15(19)12-8-4-3-5-9-12/h3-4,6-7,10-12H,2,5,8-9H2,1H3,(H,17,20)(H,18,19). The maximum atomic E-state index is 12.2. The number of allylic oxidation sites excluding steroid dienone is 2. The molecule has 0 saturated heterocycles. The van der Waals surface area contributed by atoms with E-state index in [1.165, 1.54) is 0 Å². The highest BCUT2D eigenvalue weighted by molar-refractivity contribution is 6.04. The molecule has 0 fully saturated rings. The summed E-state index contributed by atoms with van der Waals surface area (Å²) in [5.74, 6) is -0.166. The van der Waals surface area contributed by atoms with E-state index < -0.39 is 0 Å². The fraction of sp³-hybridized carbons (Fsp3) is 0.375. The topological polar surface area (TPSA) is 58.2 Å². The molecule has 0 aliphatic heterocycles. The minimum Gasteiger partial charge on any atom is -0.352 e. The van der Waals surface area contributed by atoms with E-state index in [9.17, 15) is 9.59 Å². The van der Waals surface area contributed by atoms with Gasteiger partial charge in [0.25, 0.3) is 5.91 Å². The number of amides is 2. The zero-order valence-electron chi connectivity index (χ0n) is 11.7. The maximum absolute atomic E-state index is 12.2. The van der Waals surface area contributed by atoms with Crippen molar-refractivity contribution in [2.45, 2.75) is 26.2 Å². The smallest absolute Gasteiger partial charge is 0.253 e. The van der Waals surface area contributed by atoms with Gasteiger partial charge in [0.1, 0.15) is 0 Å². The quantitative estimate of drug-likeness (QED) is 0.828. The minimum absolute atomic E-state index is 0.00212. The normalized spacial score (nSPS) is 17.6. The predicted molar refractivity (Wildman–Crippen MR) is 79.6 cm³/mol. The molecule has 0 spiro atoms. The van der Waals surface area contributed by atoms with Crippen molar-refractivity contribution in [3.05, 3.63) is 42.0 Å². The molecule has 1 unspecified atom stereocenters. The summed E-state index contributed by atoms with van der Waals surface area (Å²) in [5.41, 5.74) is 1.09. The van der Waals surface area contributed by atoms with Crippen molar-refractivity contribution >= 4 is 17.5 Å². The summed E-state index contributed by atoms with van der Waals surface area (Å²) < 4.78 is 0. The summed E-state index contributed by atoms with van der Waals surface area (Å²) in [6.07, 6.45) is 6.73. The Morgan fingerprint density at radius 2 is 2.05 bits per heavy atom. The second kappa shape index (κ2) is 6.89. The highest BCUT2D eigenvalue weighted by Crippen LogP contribution is 2.22. The Hall–Kier alpha value is -2.10. The molecule has 0 aromatic heterocycles. The monoisotopic (exact) mass is 272 g/mol. The molecule has 4 nitrogen and oxygen atoms in total. The number of para-hydroxylation sites is 1. The lowest BCUT2D eigenvalue weighted by molar-refractivity contribution is -0.120. The van der Waals surface area contributed by atoms with Crippen molar-refractivity contribution in [3.63, 3.8) is 0 Å². The highest BCUT2D eigenvalue weighted by Gasteiger charge is 2.20. The Balaban J connectivity index is 2.10. The van der Waals surface area contributed by atoms with Crippen LogP contribution in [-0.2, 0) is 4.79 Å². The molecule has 1 atom stereocenters. The number of benzene rings is 1. The van der Waals surface area contributed by atoms with Crippen LogP contribution in [0.1, 0.15) is 36.5 Å². The van der Waals surface area contributed by atoms with Crippen LogP contribution in [-0.4, -0.2) is 18.4 Å². The molecule has 4 heteroatoms. The molecule has 0 bridgehead atoms. The van der Waals surface area contributed by atoms with E-state index >= 15 is 0 Å². The first-order valence-corrected chi connectivity index (χ1v) is 7.05. The van der Waals surface area contributed by atoms with Crippen molar-refractivity contribution in [2.24, 2.45) is 5.92 Å². The maximum Gasteiger partial charge on any atom is 0.253 e. The third kappa shape index (κ3) is 3.47. The van der Waals surface area contributed by atoms with E-state index in [1.54, 1.807) is 18.2 Å². The summed E-state index contributed by atoms with van der Waals surface area (Å²) in [6.45, 7) is 2.43. The number of carbonyl (C=O) groups is 2. The third-order valence-corrected chi connectivity index (χ3v) is 3.41. The first kappa shape index (κ1) is 14.3. The summed E-state index contributed by atoms with van der Waals surface area (Å²) in [6, 6.07) is 7.10. The molecule has 1 aromatic carbocycles. The summed E-state index contributed by atoms with van der Waals surface area (Å²) >= 11 is 0. The number of hydrogen-bond acceptors (Lipinski definition) is 2. The van der Waals surface area contributed by atoms with E-state index in [0.717, 1.165) is 19.3 Å². The Bertz CT molecular complexity index is 523. The first-order valence-electron chi connectivity index (χ1n) is 7.05. The van der Waals surface area contributed by atoms with Crippen molar-refractivity contribution in [1.29, 1.82) is 0 Å². The lowest BCUT2D eigenvalue weighted by Crippen LogP contribution is -2.27. The molecule has 2 amide bonds. The van der Waals surface area contributed by atoms with Crippen LogP contribution in [0.3, 0.4) is 0 Å². The molecule has 2 N–H and O–H groups in total. The Morgan fingerprint density at radius 3 is 2.75 bits per heavy atom. The molecular formula is C16H20N2O2. The van der Waals surface area contributed by atoms with Gasteiger partial charge in [0, 0.05) is 12.5 Å². The van der Waals surface area contributed by atoms with Gasteiger partial charge >= 0.3 is 0 Å². The van der Waals surface area contributed by atoms with E-state index in [4.69, 9.17) is 0 Å². The number of nitrogens with one attached hydrogen (secondary N) is 2. The van der Waals surface area contributed by atoms with Gasteiger partial charge < -0.3 is 10.6 Å². The molecule has 106 valence electrons. The molecule has 0 saturated carbocycles. The van der Waals surface area contributed by atoms with Crippen LogP contribution in [0, 0.1) is 5.92 Å². The number of hydrogen-bond donors (Lipinski definition) is 2. The summed E-state index contributed by atoms with van der Waals surface area (Å²) in [7, 11) is 0. The van der Waals surface area contributed by atoms with Gasteiger partial charge in [0.2, 0.25) is 5.91 Å². The molecule has 0 heterocycles. The van der Waals surface area contributed by atoms with Crippen LogP contribution in [0.25, 0.3) is 0 Å². The first-order chi connectivity index (χ1) is 9.72. The van der Waals surface area contributed by atoms with Gasteiger partial charge in [-0.25, -0.2) is 0 Å². The molecule has 1 aliphatic carbocycles. The van der Waals surface area contributed by atoms with Gasteiger partial charge in [-0.2, -0.15) is 0 Å². The zero-order valence-corrected chi connectivity index (χ0v) is 11.7. The lowest BCUT2D eigenvalue weighted by atomic mass is 9.93. The predicted octanol–water partition coefficient (Wildman–Crippen LogP) is 2.73. The van der Waals surface area contributed by atoms with Crippen LogP contribution in [0.5, 0.6) is 0 Å². The molecule has 0 radical (unpaired) electrons. The average Bonchev–Trinajstić information content (AvgIpc) is 2.49. The zero-order chi connectivity index (χ0) is 14.4. The second-order valence-electron chi connectivity index (χ2n) is 4.88. The SMILES string of the molecule is CCNC(=O)c1ccccc1NC(=O)C1CC=CCC1. The van der Waals surface area contributed by atoms with Crippen molar-refractivity contribution in [2.75, 3.05) is 11.9 Å². The third-order valence-electron chi connectivity index (χ3n) is 3.41. The van der Waals surface area contributed by atoms with Crippen LogP contribution in [0.2, 0.25) is 0 Å². The van der Waals surface area contributed by atoms with Gasteiger partial charge in [-0.1, -0.05) is 24.3 Å². The molecule has 1 aliphatic rings. The van der Waals surface area contributed by atoms with Gasteiger partial charge in [0.15, 0.2) is 0 Å². The fourth-order valence-electron chi connectivity index (χ4n) is 2.31. The Morgan fingerprint density at radius 1 is 1.25 bits per heavy atom. The average molecular weight is 272 g/mol. The Kier molecular flexibility index (Phi) is 4.93. The van der Waals surface area contributed by atoms with Gasteiger partial charge in [-0.05, 0) is 38.3 Å². The fourth-order valence-corrected chi connectivity index (χ4v) is 2.31. The minimum atomic E-state index is -0.160. The van der Waals surface area contributed by atoms with Crippen LogP contribution < -0.4 is 10.6 Å². The van der Waals surface area contributed by atoms with Crippen molar-refractivity contribution in [3.8, 4) is 0 Å². The molecule has 20 heavy (non-hydrogen) atoms. The lowest BCUT2D eigenvalue weighted by Gasteiger charge is -2.18. The molecule has 1 aromatic rings. The van der Waals surface area contributed by atoms with Gasteiger partial charge in [-0.15, -0.1) is 0 Å². The number of anilines is 1. The summed E-state index contributed by atoms with van der Waals surface area (Å²) in [5, 5.41) is 5.64. The van der Waals surface area contributed by atoms with E-state index in [1.807, 2.05) is 19.1 Å². The van der Waals surface area contributed by atoms with Gasteiger partial charge in [-0.3, -0.25) is 9.59 Å². The second-order valence-corrected chi connectivity index (χ2v) is 4.88. The number of carbonyl (C=O) groups excluding carboxylic acids is 2. The Labute approximate surface area is 119 Å². The van der Waals surface area contributed by atoms with E-state index in [2.05, 4.69) is 16.7 Å². The van der Waals surface area contributed by atoms with Crippen LogP contribution in [0.15, 0.2) is 36.4 Å². The molecular weight excluding hydrogens is 252 g/mol. The van der Waals surface area contributed by atoms with Crippen molar-refractivity contribution < 1.29 is 9.59 Å². The highest BCUT2D eigenvalue weighted by atomic mass is 16.2. The van der Waals surface area contributed by atoms with E-state index in [0.29, 0.717) is 17.8 Å². The largest absolute Gasteiger partial charge is 0.352 e.